The van der Waals surface area contributed by atoms with Crippen molar-refractivity contribution < 1.29 is 4.79 Å². The summed E-state index contributed by atoms with van der Waals surface area (Å²) in [5, 5.41) is 12.6. The Labute approximate surface area is 230 Å². The molecule has 0 aliphatic heterocycles. The van der Waals surface area contributed by atoms with Crippen molar-refractivity contribution in [2.45, 2.75) is 45.4 Å². The molecule has 0 aromatic carbocycles. The Morgan fingerprint density at radius 3 is 2.77 bits per heavy atom. The summed E-state index contributed by atoms with van der Waals surface area (Å²) in [6, 6.07) is 7.94. The number of aromatic amines is 2. The summed E-state index contributed by atoms with van der Waals surface area (Å²) in [6.45, 7) is 1.96. The minimum Gasteiger partial charge on any atom is -0.353 e. The molecule has 0 saturated heterocycles. The number of aryl methyl sites for hydroxylation is 1. The maximum atomic E-state index is 12.7. The highest BCUT2D eigenvalue weighted by Gasteiger charge is 2.18. The van der Waals surface area contributed by atoms with E-state index in [1.54, 1.807) is 31.1 Å². The molecular formula is C30H29N9O. The smallest absolute Gasteiger partial charge is 0.224 e. The Hall–Kier alpha value is -4.86. The minimum absolute atomic E-state index is 0.0462. The molecule has 0 bridgehead atoms. The number of hydrogen-bond acceptors (Lipinski definition) is 6. The quantitative estimate of drug-likeness (QED) is 0.243. The van der Waals surface area contributed by atoms with Crippen LogP contribution in [0.4, 0.5) is 5.69 Å². The average Bonchev–Trinajstić information content (AvgIpc) is 3.71. The van der Waals surface area contributed by atoms with Crippen LogP contribution in [0.1, 0.15) is 44.2 Å². The zero-order chi connectivity index (χ0) is 27.1. The van der Waals surface area contributed by atoms with Gasteiger partial charge in [0.15, 0.2) is 0 Å². The first-order valence-electron chi connectivity index (χ1n) is 13.7. The third kappa shape index (κ3) is 4.61. The molecule has 6 aromatic rings. The highest BCUT2D eigenvalue weighted by Crippen LogP contribution is 2.33. The van der Waals surface area contributed by atoms with E-state index in [0.29, 0.717) is 18.0 Å². The van der Waals surface area contributed by atoms with Crippen LogP contribution in [0.5, 0.6) is 0 Å². The van der Waals surface area contributed by atoms with Crippen molar-refractivity contribution in [1.29, 1.82) is 0 Å². The van der Waals surface area contributed by atoms with Crippen molar-refractivity contribution in [3.63, 3.8) is 0 Å². The van der Waals surface area contributed by atoms with Crippen molar-refractivity contribution in [2.24, 2.45) is 5.92 Å². The van der Waals surface area contributed by atoms with Crippen LogP contribution in [0.3, 0.4) is 0 Å². The summed E-state index contributed by atoms with van der Waals surface area (Å²) < 4.78 is 1.92. The molecule has 200 valence electrons. The molecule has 3 N–H and O–H groups in total. The monoisotopic (exact) mass is 531 g/mol. The molecule has 10 nitrogen and oxygen atoms in total. The molecule has 0 spiro atoms. The van der Waals surface area contributed by atoms with Crippen LogP contribution in [-0.4, -0.2) is 45.6 Å². The topological polar surface area (TPSA) is 130 Å². The Morgan fingerprint density at radius 2 is 1.93 bits per heavy atom. The van der Waals surface area contributed by atoms with Gasteiger partial charge >= 0.3 is 0 Å². The van der Waals surface area contributed by atoms with Gasteiger partial charge in [-0.15, -0.1) is 0 Å². The number of rotatable bonds is 6. The fourth-order valence-electron chi connectivity index (χ4n) is 5.70. The number of carbonyl (C=O) groups excluding carboxylic acids is 1. The van der Waals surface area contributed by atoms with Crippen molar-refractivity contribution in [2.75, 3.05) is 5.32 Å². The van der Waals surface area contributed by atoms with E-state index in [2.05, 4.69) is 46.5 Å². The number of hydrogen-bond donors (Lipinski definition) is 3. The Bertz CT molecular complexity index is 1840. The molecule has 1 aliphatic rings. The third-order valence-corrected chi connectivity index (χ3v) is 7.70. The van der Waals surface area contributed by atoms with Gasteiger partial charge in [0.05, 0.1) is 46.2 Å². The number of pyridine rings is 3. The predicted octanol–water partition coefficient (Wildman–Crippen LogP) is 5.97. The van der Waals surface area contributed by atoms with Crippen LogP contribution in [-0.2, 0) is 4.79 Å². The molecule has 6 aromatic heterocycles. The molecule has 1 amide bonds. The van der Waals surface area contributed by atoms with Crippen LogP contribution < -0.4 is 5.32 Å². The second-order valence-corrected chi connectivity index (χ2v) is 10.6. The molecule has 10 heteroatoms. The number of nitrogens with one attached hydrogen (secondary N) is 3. The lowest BCUT2D eigenvalue weighted by molar-refractivity contribution is -0.117. The number of fused-ring (bicyclic) bond motifs is 2. The largest absolute Gasteiger partial charge is 0.353 e. The van der Waals surface area contributed by atoms with Gasteiger partial charge in [-0.05, 0) is 49.9 Å². The molecule has 0 atom stereocenters. The van der Waals surface area contributed by atoms with Gasteiger partial charge in [0, 0.05) is 41.3 Å². The molecule has 6 heterocycles. The number of aromatic nitrogens is 8. The van der Waals surface area contributed by atoms with Gasteiger partial charge in [0.25, 0.3) is 0 Å². The van der Waals surface area contributed by atoms with Crippen LogP contribution in [0, 0.1) is 12.8 Å². The van der Waals surface area contributed by atoms with E-state index >= 15 is 0 Å². The zero-order valence-electron chi connectivity index (χ0n) is 22.2. The Morgan fingerprint density at radius 1 is 1.02 bits per heavy atom. The molecular weight excluding hydrogens is 502 g/mol. The lowest BCUT2D eigenvalue weighted by atomic mass is 9.87. The number of carbonyl (C=O) groups is 1. The normalized spacial score (nSPS) is 14.2. The summed E-state index contributed by atoms with van der Waals surface area (Å²) in [5.41, 5.74) is 6.61. The number of nitrogens with zero attached hydrogens (tertiary/aromatic N) is 6. The van der Waals surface area contributed by atoms with Gasteiger partial charge in [-0.25, -0.2) is 9.97 Å². The number of H-pyrrole nitrogens is 2. The summed E-state index contributed by atoms with van der Waals surface area (Å²) >= 11 is 0. The molecule has 0 radical (unpaired) electrons. The third-order valence-electron chi connectivity index (χ3n) is 7.70. The number of anilines is 1. The first-order chi connectivity index (χ1) is 19.6. The lowest BCUT2D eigenvalue weighted by Crippen LogP contribution is -2.18. The summed E-state index contributed by atoms with van der Waals surface area (Å²) in [7, 11) is 0. The number of amides is 1. The molecule has 40 heavy (non-hydrogen) atoms. The van der Waals surface area contributed by atoms with E-state index < -0.39 is 0 Å². The summed E-state index contributed by atoms with van der Waals surface area (Å²) in [4.78, 5) is 34.1. The zero-order valence-corrected chi connectivity index (χ0v) is 22.2. The maximum absolute atomic E-state index is 12.7. The van der Waals surface area contributed by atoms with Crippen molar-refractivity contribution in [1.82, 2.24) is 39.7 Å². The lowest BCUT2D eigenvalue weighted by Gasteiger charge is -2.20. The fraction of sp³-hybridized carbons (Fsp3) is 0.267. The van der Waals surface area contributed by atoms with E-state index in [-0.39, 0.29) is 5.91 Å². The predicted molar refractivity (Wildman–Crippen MR) is 154 cm³/mol. The number of imidazole rings is 1. The van der Waals surface area contributed by atoms with Crippen LogP contribution in [0.25, 0.3) is 50.3 Å². The Balaban J connectivity index is 1.19. The van der Waals surface area contributed by atoms with Crippen LogP contribution in [0.2, 0.25) is 0 Å². The fourth-order valence-corrected chi connectivity index (χ4v) is 5.70. The van der Waals surface area contributed by atoms with Crippen molar-refractivity contribution >= 4 is 33.4 Å². The van der Waals surface area contributed by atoms with E-state index in [9.17, 15) is 4.79 Å². The van der Waals surface area contributed by atoms with E-state index in [1.807, 2.05) is 35.9 Å². The van der Waals surface area contributed by atoms with Gasteiger partial charge < -0.3 is 10.3 Å². The molecule has 1 saturated carbocycles. The summed E-state index contributed by atoms with van der Waals surface area (Å²) in [6.07, 6.45) is 17.3. The second-order valence-electron chi connectivity index (χ2n) is 10.6. The van der Waals surface area contributed by atoms with Gasteiger partial charge in [-0.1, -0.05) is 19.3 Å². The highest BCUT2D eigenvalue weighted by atomic mass is 16.1. The van der Waals surface area contributed by atoms with E-state index in [0.717, 1.165) is 68.8 Å². The molecule has 7 rings (SSSR count). The Kier molecular flexibility index (Phi) is 6.07. The van der Waals surface area contributed by atoms with Gasteiger partial charge in [-0.2, -0.15) is 5.10 Å². The van der Waals surface area contributed by atoms with Crippen LogP contribution >= 0.6 is 0 Å². The molecule has 0 unspecified atom stereocenters. The molecule has 1 aliphatic carbocycles. The first-order valence-corrected chi connectivity index (χ1v) is 13.7. The van der Waals surface area contributed by atoms with Crippen LogP contribution in [0.15, 0.2) is 61.6 Å². The van der Waals surface area contributed by atoms with E-state index in [1.165, 1.54) is 19.3 Å². The van der Waals surface area contributed by atoms with Crippen molar-refractivity contribution in [3.05, 3.63) is 67.3 Å². The summed E-state index contributed by atoms with van der Waals surface area (Å²) in [5.74, 6) is 1.33. The van der Waals surface area contributed by atoms with Gasteiger partial charge in [0.2, 0.25) is 5.91 Å². The molecule has 1 fully saturated rings. The average molecular weight is 532 g/mol. The highest BCUT2D eigenvalue weighted by molar-refractivity contribution is 5.98. The maximum Gasteiger partial charge on any atom is 0.224 e. The minimum atomic E-state index is 0.0462. The SMILES string of the molecule is Cc1cn(-c2nccc3[nH]c(-c4n[nH]c5cnc(-c6cncc(NC(=O)CC7CCCCC7)c6)cc45)cc23)cn1. The standard InChI is InChI=1S/C30H29N9O/c1-18-16-39(17-34-18)30-23-12-26(36-24(23)7-8-32-30)29-22-11-25(33-15-27(22)37-38-29)20-10-21(14-31-13-20)35-28(40)9-19-5-3-2-4-6-19/h7-8,10-17,19,36H,2-6,9H2,1H3,(H,35,40)(H,37,38). The van der Waals surface area contributed by atoms with E-state index in [4.69, 9.17) is 0 Å². The second kappa shape index (κ2) is 10.0. The van der Waals surface area contributed by atoms with Gasteiger partial charge in [0.1, 0.15) is 17.8 Å². The van der Waals surface area contributed by atoms with Gasteiger partial charge in [-0.3, -0.25) is 24.4 Å². The van der Waals surface area contributed by atoms with Crippen molar-refractivity contribution in [3.8, 4) is 28.5 Å². The first kappa shape index (κ1) is 24.2.